The Kier molecular flexibility index (Phi) is 7.13. The quantitative estimate of drug-likeness (QED) is 0.458. The van der Waals surface area contributed by atoms with E-state index in [2.05, 4.69) is 59.4 Å². The number of hydrogen-bond donors (Lipinski definition) is 1. The van der Waals surface area contributed by atoms with E-state index in [9.17, 15) is 4.79 Å². The molecule has 2 aromatic carbocycles. The summed E-state index contributed by atoms with van der Waals surface area (Å²) >= 11 is 0. The van der Waals surface area contributed by atoms with Crippen molar-refractivity contribution in [1.29, 1.82) is 0 Å². The number of pyridine rings is 1. The lowest BCUT2D eigenvalue weighted by Gasteiger charge is -2.32. The van der Waals surface area contributed by atoms with E-state index in [1.807, 2.05) is 12.1 Å². The number of aryl methyl sites for hydroxylation is 1. The van der Waals surface area contributed by atoms with Crippen LogP contribution in [0.1, 0.15) is 47.7 Å². The summed E-state index contributed by atoms with van der Waals surface area (Å²) in [6.07, 6.45) is 5.21. The van der Waals surface area contributed by atoms with Gasteiger partial charge < -0.3 is 19.7 Å². The zero-order valence-electron chi connectivity index (χ0n) is 19.5. The summed E-state index contributed by atoms with van der Waals surface area (Å²) in [6, 6.07) is 16.7. The van der Waals surface area contributed by atoms with Gasteiger partial charge in [-0.25, -0.2) is 4.79 Å². The minimum absolute atomic E-state index is 0.302. The minimum atomic E-state index is -0.364. The van der Waals surface area contributed by atoms with E-state index in [4.69, 9.17) is 9.47 Å². The third-order valence-corrected chi connectivity index (χ3v) is 6.25. The van der Waals surface area contributed by atoms with Crippen LogP contribution < -0.4 is 15.0 Å². The summed E-state index contributed by atoms with van der Waals surface area (Å²) in [5.41, 5.74) is 6.17. The van der Waals surface area contributed by atoms with E-state index < -0.39 is 0 Å². The Labute approximate surface area is 195 Å². The molecular formula is C27H31N3O3. The Bertz CT molecular complexity index is 1120. The van der Waals surface area contributed by atoms with Crippen molar-refractivity contribution < 1.29 is 14.3 Å². The Hall–Kier alpha value is -3.54. The van der Waals surface area contributed by atoms with Crippen LogP contribution in [0.15, 0.2) is 60.9 Å². The fourth-order valence-corrected chi connectivity index (χ4v) is 4.43. The molecule has 0 bridgehead atoms. The van der Waals surface area contributed by atoms with Crippen molar-refractivity contribution in [1.82, 2.24) is 4.98 Å². The van der Waals surface area contributed by atoms with Gasteiger partial charge in [0.15, 0.2) is 0 Å². The third-order valence-electron chi connectivity index (χ3n) is 6.25. The molecule has 1 aliphatic heterocycles. The number of nitrogens with zero attached hydrogens (tertiary/aromatic N) is 2. The second-order valence-corrected chi connectivity index (χ2v) is 8.10. The maximum absolute atomic E-state index is 12.1. The third kappa shape index (κ3) is 4.80. The van der Waals surface area contributed by atoms with Crippen molar-refractivity contribution in [2.24, 2.45) is 0 Å². The van der Waals surface area contributed by atoms with Gasteiger partial charge in [0.2, 0.25) is 0 Å². The average molecular weight is 446 g/mol. The molecule has 0 fully saturated rings. The lowest BCUT2D eigenvalue weighted by molar-refractivity contribution is 0.0601. The van der Waals surface area contributed by atoms with Crippen LogP contribution >= 0.6 is 0 Å². The van der Waals surface area contributed by atoms with Crippen molar-refractivity contribution in [2.45, 2.75) is 32.6 Å². The first kappa shape index (κ1) is 22.6. The van der Waals surface area contributed by atoms with Gasteiger partial charge in [0.1, 0.15) is 12.4 Å². The highest BCUT2D eigenvalue weighted by Crippen LogP contribution is 2.38. The monoisotopic (exact) mass is 445 g/mol. The largest absolute Gasteiger partial charge is 0.490 e. The van der Waals surface area contributed by atoms with Crippen molar-refractivity contribution in [3.05, 3.63) is 77.6 Å². The zero-order valence-corrected chi connectivity index (χ0v) is 19.5. The number of para-hydroxylation sites is 2. The van der Waals surface area contributed by atoms with E-state index in [0.29, 0.717) is 30.3 Å². The van der Waals surface area contributed by atoms with Crippen LogP contribution in [0.2, 0.25) is 0 Å². The summed E-state index contributed by atoms with van der Waals surface area (Å²) in [7, 11) is 1.39. The van der Waals surface area contributed by atoms with Crippen LogP contribution in [-0.2, 0) is 11.2 Å². The van der Waals surface area contributed by atoms with Crippen LogP contribution in [0, 0.1) is 0 Å². The Balaban J connectivity index is 1.57. The lowest BCUT2D eigenvalue weighted by Crippen LogP contribution is -2.28. The van der Waals surface area contributed by atoms with E-state index in [1.54, 1.807) is 18.5 Å². The Morgan fingerprint density at radius 3 is 2.85 bits per heavy atom. The predicted molar refractivity (Wildman–Crippen MR) is 132 cm³/mol. The van der Waals surface area contributed by atoms with Crippen LogP contribution in [0.5, 0.6) is 5.75 Å². The van der Waals surface area contributed by atoms with Crippen molar-refractivity contribution >= 4 is 23.0 Å². The molecule has 0 saturated carbocycles. The zero-order chi connectivity index (χ0) is 23.2. The number of esters is 1. The molecule has 1 N–H and O–H groups in total. The number of fused-ring (bicyclic) bond motifs is 1. The molecule has 1 aliphatic rings. The normalized spacial score (nSPS) is 13.6. The molecule has 0 saturated heterocycles. The maximum atomic E-state index is 12.1. The van der Waals surface area contributed by atoms with Gasteiger partial charge in [0, 0.05) is 24.3 Å². The molecule has 172 valence electrons. The highest BCUT2D eigenvalue weighted by Gasteiger charge is 2.21. The standard InChI is InChI=1S/C27H31N3O3/c1-4-19-16-21(30-14-15-33-26-9-7-6-8-25(26)30)10-11-22(19)20(5-2)17-29-24-18-28-13-12-23(24)27(31)32-3/h6-13,16,18,20,29H,4-5,14-15,17H2,1-3H3/t20-/m0/s1. The number of ether oxygens (including phenoxy) is 2. The number of benzene rings is 2. The molecule has 0 unspecified atom stereocenters. The first-order chi connectivity index (χ1) is 16.2. The van der Waals surface area contributed by atoms with E-state index in [0.717, 1.165) is 30.8 Å². The van der Waals surface area contributed by atoms with Crippen LogP contribution in [-0.4, -0.2) is 37.8 Å². The van der Waals surface area contributed by atoms with Gasteiger partial charge in [0.25, 0.3) is 0 Å². The number of rotatable bonds is 8. The van der Waals surface area contributed by atoms with Gasteiger partial charge in [-0.2, -0.15) is 0 Å². The van der Waals surface area contributed by atoms with Gasteiger partial charge in [-0.3, -0.25) is 4.98 Å². The Morgan fingerprint density at radius 1 is 1.21 bits per heavy atom. The number of methoxy groups -OCH3 is 1. The molecule has 33 heavy (non-hydrogen) atoms. The fraction of sp³-hybridized carbons (Fsp3) is 0.333. The number of carbonyl (C=O) groups excluding carboxylic acids is 1. The molecule has 1 atom stereocenters. The fourth-order valence-electron chi connectivity index (χ4n) is 4.43. The molecule has 0 aliphatic carbocycles. The van der Waals surface area contributed by atoms with E-state index >= 15 is 0 Å². The summed E-state index contributed by atoms with van der Waals surface area (Å²) in [4.78, 5) is 18.6. The molecule has 0 spiro atoms. The predicted octanol–water partition coefficient (Wildman–Crippen LogP) is 5.57. The molecule has 0 amide bonds. The van der Waals surface area contributed by atoms with Crippen LogP contribution in [0.4, 0.5) is 17.1 Å². The first-order valence-corrected chi connectivity index (χ1v) is 11.5. The van der Waals surface area contributed by atoms with Crippen molar-refractivity contribution in [2.75, 3.05) is 37.0 Å². The van der Waals surface area contributed by atoms with Crippen molar-refractivity contribution in [3.63, 3.8) is 0 Å². The molecule has 6 heteroatoms. The molecule has 3 aromatic rings. The summed E-state index contributed by atoms with van der Waals surface area (Å²) in [5.74, 6) is 0.869. The smallest absolute Gasteiger partial charge is 0.340 e. The Morgan fingerprint density at radius 2 is 2.06 bits per heavy atom. The number of anilines is 3. The van der Waals surface area contributed by atoms with E-state index in [-0.39, 0.29) is 5.97 Å². The second-order valence-electron chi connectivity index (χ2n) is 8.10. The highest BCUT2D eigenvalue weighted by molar-refractivity contribution is 5.95. The summed E-state index contributed by atoms with van der Waals surface area (Å²) in [6.45, 7) is 6.61. The van der Waals surface area contributed by atoms with Gasteiger partial charge in [-0.1, -0.05) is 32.0 Å². The number of aromatic nitrogens is 1. The molecular weight excluding hydrogens is 414 g/mol. The molecule has 1 aromatic heterocycles. The van der Waals surface area contributed by atoms with Gasteiger partial charge >= 0.3 is 5.97 Å². The van der Waals surface area contributed by atoms with Crippen molar-refractivity contribution in [3.8, 4) is 5.75 Å². The molecule has 6 nitrogen and oxygen atoms in total. The molecule has 0 radical (unpaired) electrons. The van der Waals surface area contributed by atoms with Gasteiger partial charge in [-0.15, -0.1) is 0 Å². The number of carbonyl (C=O) groups is 1. The first-order valence-electron chi connectivity index (χ1n) is 11.5. The topological polar surface area (TPSA) is 63.7 Å². The van der Waals surface area contributed by atoms with Crippen LogP contribution in [0.3, 0.4) is 0 Å². The average Bonchev–Trinajstić information content (AvgIpc) is 2.88. The summed E-state index contributed by atoms with van der Waals surface area (Å²) in [5, 5.41) is 3.43. The highest BCUT2D eigenvalue weighted by atomic mass is 16.5. The minimum Gasteiger partial charge on any atom is -0.490 e. The molecule has 4 rings (SSSR count). The number of nitrogens with one attached hydrogen (secondary N) is 1. The molecule has 2 heterocycles. The van der Waals surface area contributed by atoms with Gasteiger partial charge in [-0.05, 0) is 54.3 Å². The maximum Gasteiger partial charge on any atom is 0.340 e. The second kappa shape index (κ2) is 10.4. The van der Waals surface area contributed by atoms with E-state index in [1.165, 1.54) is 23.9 Å². The SMILES string of the molecule is CCc1cc(N2CCOc3ccccc32)ccc1[C@@H](CC)CNc1cnccc1C(=O)OC. The number of hydrogen-bond acceptors (Lipinski definition) is 6. The lowest BCUT2D eigenvalue weighted by atomic mass is 9.90. The summed E-state index contributed by atoms with van der Waals surface area (Å²) < 4.78 is 10.7. The van der Waals surface area contributed by atoms with Crippen LogP contribution in [0.25, 0.3) is 0 Å². The van der Waals surface area contributed by atoms with Gasteiger partial charge in [0.05, 0.1) is 36.8 Å².